The number of carbonyl (C=O) groups is 1. The standard InChI is InChI=1S/C9H17O/c1-2-3-4-5-6-7-8-9-10/h9H,1-8H2. The van der Waals surface area contributed by atoms with Crippen molar-refractivity contribution in [2.24, 2.45) is 0 Å². The van der Waals surface area contributed by atoms with Crippen molar-refractivity contribution in [1.29, 1.82) is 0 Å². The Hall–Kier alpha value is -0.330. The van der Waals surface area contributed by atoms with Crippen LogP contribution in [-0.4, -0.2) is 6.29 Å². The van der Waals surface area contributed by atoms with E-state index in [9.17, 15) is 4.79 Å². The van der Waals surface area contributed by atoms with Gasteiger partial charge in [-0.05, 0) is 6.42 Å². The van der Waals surface area contributed by atoms with Gasteiger partial charge in [-0.15, -0.1) is 0 Å². The Kier molecular flexibility index (Phi) is 8.38. The minimum atomic E-state index is 0.740. The van der Waals surface area contributed by atoms with E-state index in [0.29, 0.717) is 0 Å². The topological polar surface area (TPSA) is 17.1 Å². The molecule has 0 heterocycles. The van der Waals surface area contributed by atoms with Crippen LogP contribution in [0, 0.1) is 6.92 Å². The lowest BCUT2D eigenvalue weighted by atomic mass is 10.1. The molecular formula is C9H17O. The summed E-state index contributed by atoms with van der Waals surface area (Å²) in [6, 6.07) is 0. The zero-order valence-corrected chi connectivity index (χ0v) is 6.64. The Balaban J connectivity index is 2.70. The first-order valence-electron chi connectivity index (χ1n) is 4.14. The SMILES string of the molecule is [CH2]CCCCCCCC=O. The molecule has 0 rings (SSSR count). The van der Waals surface area contributed by atoms with Gasteiger partial charge in [0, 0.05) is 6.42 Å². The first-order valence-corrected chi connectivity index (χ1v) is 4.14. The third kappa shape index (κ3) is 7.67. The van der Waals surface area contributed by atoms with E-state index in [1.165, 1.54) is 25.7 Å². The fraction of sp³-hybridized carbons (Fsp3) is 0.778. The molecule has 0 N–H and O–H groups in total. The Morgan fingerprint density at radius 1 is 1.00 bits per heavy atom. The first kappa shape index (κ1) is 9.67. The van der Waals surface area contributed by atoms with Gasteiger partial charge in [-0.2, -0.15) is 0 Å². The number of rotatable bonds is 7. The average molecular weight is 141 g/mol. The third-order valence-corrected chi connectivity index (χ3v) is 1.57. The molecule has 0 saturated heterocycles. The van der Waals surface area contributed by atoms with E-state index in [1.54, 1.807) is 0 Å². The van der Waals surface area contributed by atoms with Gasteiger partial charge in [-0.3, -0.25) is 0 Å². The molecule has 10 heavy (non-hydrogen) atoms. The molecule has 1 radical (unpaired) electrons. The summed E-state index contributed by atoms with van der Waals surface area (Å²) < 4.78 is 0. The van der Waals surface area contributed by atoms with Gasteiger partial charge in [-0.25, -0.2) is 0 Å². The summed E-state index contributed by atoms with van der Waals surface area (Å²) >= 11 is 0. The zero-order chi connectivity index (χ0) is 7.66. The molecule has 0 bridgehead atoms. The highest BCUT2D eigenvalue weighted by Gasteiger charge is 1.87. The van der Waals surface area contributed by atoms with E-state index >= 15 is 0 Å². The van der Waals surface area contributed by atoms with Crippen LogP contribution in [0.2, 0.25) is 0 Å². The summed E-state index contributed by atoms with van der Waals surface area (Å²) in [5.74, 6) is 0. The Bertz CT molecular complexity index is 69.1. The van der Waals surface area contributed by atoms with E-state index < -0.39 is 0 Å². The highest BCUT2D eigenvalue weighted by atomic mass is 16.1. The largest absolute Gasteiger partial charge is 0.303 e. The lowest BCUT2D eigenvalue weighted by molar-refractivity contribution is -0.107. The van der Waals surface area contributed by atoms with Crippen molar-refractivity contribution >= 4 is 6.29 Å². The predicted molar refractivity (Wildman–Crippen MR) is 43.7 cm³/mol. The van der Waals surface area contributed by atoms with Crippen molar-refractivity contribution in [2.75, 3.05) is 0 Å². The summed E-state index contributed by atoms with van der Waals surface area (Å²) in [6.45, 7) is 3.76. The minimum absolute atomic E-state index is 0.740. The fourth-order valence-corrected chi connectivity index (χ4v) is 0.935. The van der Waals surface area contributed by atoms with Crippen LogP contribution in [0.15, 0.2) is 0 Å². The van der Waals surface area contributed by atoms with Gasteiger partial charge in [0.25, 0.3) is 0 Å². The van der Waals surface area contributed by atoms with Gasteiger partial charge in [-0.1, -0.05) is 39.0 Å². The minimum Gasteiger partial charge on any atom is -0.303 e. The Morgan fingerprint density at radius 3 is 2.20 bits per heavy atom. The summed E-state index contributed by atoms with van der Waals surface area (Å²) in [5, 5.41) is 0. The van der Waals surface area contributed by atoms with Crippen molar-refractivity contribution in [3.63, 3.8) is 0 Å². The van der Waals surface area contributed by atoms with Crippen LogP contribution >= 0.6 is 0 Å². The normalized spacial score (nSPS) is 9.70. The van der Waals surface area contributed by atoms with E-state index in [4.69, 9.17) is 0 Å². The number of carbonyl (C=O) groups excluding carboxylic acids is 1. The maximum atomic E-state index is 9.88. The predicted octanol–water partition coefficient (Wildman–Crippen LogP) is 2.75. The fourth-order valence-electron chi connectivity index (χ4n) is 0.935. The molecule has 0 saturated carbocycles. The van der Waals surface area contributed by atoms with Crippen LogP contribution in [0.3, 0.4) is 0 Å². The van der Waals surface area contributed by atoms with Crippen molar-refractivity contribution in [1.82, 2.24) is 0 Å². The molecule has 0 amide bonds. The highest BCUT2D eigenvalue weighted by molar-refractivity contribution is 5.48. The molecular weight excluding hydrogens is 124 g/mol. The molecule has 0 aliphatic heterocycles. The third-order valence-electron chi connectivity index (χ3n) is 1.57. The van der Waals surface area contributed by atoms with E-state index in [0.717, 1.165) is 25.5 Å². The first-order chi connectivity index (χ1) is 4.91. The molecule has 0 spiro atoms. The van der Waals surface area contributed by atoms with Gasteiger partial charge < -0.3 is 4.79 Å². The molecule has 0 fully saturated rings. The van der Waals surface area contributed by atoms with E-state index in [-0.39, 0.29) is 0 Å². The van der Waals surface area contributed by atoms with Gasteiger partial charge in [0.05, 0.1) is 0 Å². The zero-order valence-electron chi connectivity index (χ0n) is 6.64. The molecule has 0 aromatic carbocycles. The lowest BCUT2D eigenvalue weighted by Crippen LogP contribution is -1.79. The molecule has 0 aromatic rings. The second kappa shape index (κ2) is 8.67. The molecule has 1 nitrogen and oxygen atoms in total. The number of hydrogen-bond acceptors (Lipinski definition) is 1. The lowest BCUT2D eigenvalue weighted by Gasteiger charge is -1.95. The molecule has 0 aliphatic rings. The van der Waals surface area contributed by atoms with Crippen LogP contribution in [0.5, 0.6) is 0 Å². The second-order valence-corrected chi connectivity index (χ2v) is 2.58. The quantitative estimate of drug-likeness (QED) is 0.393. The van der Waals surface area contributed by atoms with Gasteiger partial charge in [0.1, 0.15) is 6.29 Å². The van der Waals surface area contributed by atoms with E-state index in [2.05, 4.69) is 6.92 Å². The molecule has 1 heteroatoms. The molecule has 0 unspecified atom stereocenters. The van der Waals surface area contributed by atoms with Crippen LogP contribution in [-0.2, 0) is 4.79 Å². The highest BCUT2D eigenvalue weighted by Crippen LogP contribution is 2.05. The number of aldehydes is 1. The molecule has 0 atom stereocenters. The average Bonchev–Trinajstić information content (AvgIpc) is 1.97. The Labute approximate surface area is 63.8 Å². The van der Waals surface area contributed by atoms with Crippen LogP contribution in [0.1, 0.15) is 44.9 Å². The second-order valence-electron chi connectivity index (χ2n) is 2.58. The summed E-state index contributed by atoms with van der Waals surface area (Å²) in [6.07, 6.45) is 8.85. The van der Waals surface area contributed by atoms with Crippen LogP contribution in [0.4, 0.5) is 0 Å². The summed E-state index contributed by atoms with van der Waals surface area (Å²) in [5.41, 5.74) is 0. The summed E-state index contributed by atoms with van der Waals surface area (Å²) in [4.78, 5) is 9.88. The number of hydrogen-bond donors (Lipinski definition) is 0. The van der Waals surface area contributed by atoms with Gasteiger partial charge in [0.2, 0.25) is 0 Å². The Morgan fingerprint density at radius 2 is 1.60 bits per heavy atom. The smallest absolute Gasteiger partial charge is 0.119 e. The molecule has 59 valence electrons. The summed E-state index contributed by atoms with van der Waals surface area (Å²) in [7, 11) is 0. The molecule has 0 aromatic heterocycles. The van der Waals surface area contributed by atoms with Crippen molar-refractivity contribution < 1.29 is 4.79 Å². The monoisotopic (exact) mass is 141 g/mol. The van der Waals surface area contributed by atoms with Crippen molar-refractivity contribution in [3.05, 3.63) is 6.92 Å². The maximum Gasteiger partial charge on any atom is 0.119 e. The van der Waals surface area contributed by atoms with Crippen LogP contribution < -0.4 is 0 Å². The van der Waals surface area contributed by atoms with Crippen molar-refractivity contribution in [3.8, 4) is 0 Å². The van der Waals surface area contributed by atoms with Gasteiger partial charge >= 0.3 is 0 Å². The van der Waals surface area contributed by atoms with E-state index in [1.807, 2.05) is 0 Å². The van der Waals surface area contributed by atoms with Crippen molar-refractivity contribution in [2.45, 2.75) is 44.9 Å². The number of unbranched alkanes of at least 4 members (excludes halogenated alkanes) is 6. The van der Waals surface area contributed by atoms with Gasteiger partial charge in [0.15, 0.2) is 0 Å². The maximum absolute atomic E-state index is 9.88. The molecule has 0 aliphatic carbocycles. The van der Waals surface area contributed by atoms with Crippen LogP contribution in [0.25, 0.3) is 0 Å².